The molecule has 0 aromatic rings. The summed E-state index contributed by atoms with van der Waals surface area (Å²) in [5, 5.41) is 16.4. The van der Waals surface area contributed by atoms with E-state index in [2.05, 4.69) is 38.0 Å². The molecular formula is C27H44N4O4. The van der Waals surface area contributed by atoms with Crippen LogP contribution in [-0.2, 0) is 14.4 Å². The molecule has 0 bridgehead atoms. The number of rotatable bonds is 10. The van der Waals surface area contributed by atoms with Crippen molar-refractivity contribution in [3.8, 4) is 0 Å². The lowest BCUT2D eigenvalue weighted by molar-refractivity contribution is -0.145. The Kier molecular flexibility index (Phi) is 7.36. The number of hydrogen-bond donors (Lipinski definition) is 4. The molecule has 0 aromatic carbocycles. The Balaban J connectivity index is 1.50. The molecule has 0 aromatic heterocycles. The van der Waals surface area contributed by atoms with Gasteiger partial charge in [0.2, 0.25) is 11.8 Å². The molecule has 1 aliphatic heterocycles. The Hall–Kier alpha value is -1.93. The van der Waals surface area contributed by atoms with Gasteiger partial charge in [-0.3, -0.25) is 14.4 Å². The quantitative estimate of drug-likeness (QED) is 0.349. The molecule has 6 atom stereocenters. The molecular weight excluding hydrogens is 444 g/mol. The number of nitrogens with zero attached hydrogens (tertiary/aromatic N) is 1. The first-order valence-electron chi connectivity index (χ1n) is 13.4. The van der Waals surface area contributed by atoms with Gasteiger partial charge in [0.05, 0.1) is 12.1 Å². The molecule has 3 saturated carbocycles. The highest BCUT2D eigenvalue weighted by Crippen LogP contribution is 2.65. The molecule has 8 nitrogen and oxygen atoms in total. The van der Waals surface area contributed by atoms with Crippen LogP contribution in [0.15, 0.2) is 12.7 Å². The molecule has 35 heavy (non-hydrogen) atoms. The molecule has 5 N–H and O–H groups in total. The van der Waals surface area contributed by atoms with Gasteiger partial charge >= 0.3 is 0 Å². The van der Waals surface area contributed by atoms with Gasteiger partial charge in [0.1, 0.15) is 6.04 Å². The molecule has 196 valence electrons. The minimum Gasteiger partial charge on any atom is -0.381 e. The number of nitrogens with two attached hydrogens (primary N) is 1. The fourth-order valence-electron chi connectivity index (χ4n) is 6.67. The van der Waals surface area contributed by atoms with Gasteiger partial charge in [0, 0.05) is 13.1 Å². The minimum atomic E-state index is -1.35. The Morgan fingerprint density at radius 1 is 1.17 bits per heavy atom. The standard InChI is InChI=1S/C27H44N4O4/c1-5-13-29-24(34)21(32)18(14-16-9-10-16)30-23(33)20-19-17(26(19,2)3)15-31(20)25(35)22(28)27(4)11-7-6-8-12-27/h5,16-22,32H,1,6-15,28H2,2-4H3,(H,29,34)(H,30,33)/t17-,18-,19-,20-,21?,22-/m0/s1. The van der Waals surface area contributed by atoms with E-state index in [-0.39, 0.29) is 41.0 Å². The van der Waals surface area contributed by atoms with Crippen molar-refractivity contribution in [2.24, 2.45) is 34.3 Å². The highest BCUT2D eigenvalue weighted by molar-refractivity contribution is 5.92. The van der Waals surface area contributed by atoms with Crippen molar-refractivity contribution in [3.63, 3.8) is 0 Å². The number of aliphatic hydroxyl groups excluding tert-OH is 1. The van der Waals surface area contributed by atoms with Gasteiger partial charge in [-0.15, -0.1) is 6.58 Å². The molecule has 4 fully saturated rings. The summed E-state index contributed by atoms with van der Waals surface area (Å²) in [5.41, 5.74) is 6.31. The number of piperidine rings is 1. The maximum atomic E-state index is 13.7. The molecule has 3 amide bonds. The summed E-state index contributed by atoms with van der Waals surface area (Å²) in [6, 6.07) is -1.94. The molecule has 3 aliphatic carbocycles. The van der Waals surface area contributed by atoms with Gasteiger partial charge in [0.25, 0.3) is 5.91 Å². The number of likely N-dealkylation sites (tertiary alicyclic amines) is 1. The average molecular weight is 489 g/mol. The van der Waals surface area contributed by atoms with E-state index in [1.165, 1.54) is 6.42 Å². The Labute approximate surface area is 209 Å². The largest absolute Gasteiger partial charge is 0.381 e. The minimum absolute atomic E-state index is 0.0242. The van der Waals surface area contributed by atoms with Crippen LogP contribution in [0.3, 0.4) is 0 Å². The highest BCUT2D eigenvalue weighted by Gasteiger charge is 2.69. The van der Waals surface area contributed by atoms with Crippen LogP contribution >= 0.6 is 0 Å². The molecule has 0 spiro atoms. The van der Waals surface area contributed by atoms with Crippen molar-refractivity contribution in [1.29, 1.82) is 0 Å². The van der Waals surface area contributed by atoms with Gasteiger partial charge in [-0.2, -0.15) is 0 Å². The summed E-state index contributed by atoms with van der Waals surface area (Å²) >= 11 is 0. The van der Waals surface area contributed by atoms with Gasteiger partial charge < -0.3 is 26.4 Å². The molecule has 4 aliphatic rings. The lowest BCUT2D eigenvalue weighted by Crippen LogP contribution is -2.60. The second kappa shape index (κ2) is 9.85. The zero-order valence-electron chi connectivity index (χ0n) is 21.6. The van der Waals surface area contributed by atoms with Crippen LogP contribution in [0.5, 0.6) is 0 Å². The van der Waals surface area contributed by atoms with Crippen molar-refractivity contribution in [2.45, 2.75) is 96.4 Å². The zero-order valence-corrected chi connectivity index (χ0v) is 21.6. The number of fused-ring (bicyclic) bond motifs is 1. The lowest BCUT2D eigenvalue weighted by atomic mass is 9.70. The number of nitrogens with one attached hydrogen (secondary N) is 2. The van der Waals surface area contributed by atoms with Crippen LogP contribution in [0, 0.1) is 28.6 Å². The molecule has 8 heteroatoms. The number of hydrogen-bond acceptors (Lipinski definition) is 5. The highest BCUT2D eigenvalue weighted by atomic mass is 16.3. The zero-order chi connectivity index (χ0) is 25.5. The van der Waals surface area contributed by atoms with Gasteiger partial charge in [-0.1, -0.05) is 59.0 Å². The third-order valence-corrected chi connectivity index (χ3v) is 9.46. The first-order chi connectivity index (χ1) is 16.5. The fraction of sp³-hybridized carbons (Fsp3) is 0.815. The van der Waals surface area contributed by atoms with E-state index in [1.54, 1.807) is 11.0 Å². The van der Waals surface area contributed by atoms with E-state index in [1.807, 2.05) is 0 Å². The number of carbonyl (C=O) groups is 3. The predicted octanol–water partition coefficient (Wildman–Crippen LogP) is 1.72. The van der Waals surface area contributed by atoms with Crippen LogP contribution in [0.1, 0.15) is 72.1 Å². The van der Waals surface area contributed by atoms with E-state index >= 15 is 0 Å². The van der Waals surface area contributed by atoms with Crippen LogP contribution in [0.4, 0.5) is 0 Å². The third-order valence-electron chi connectivity index (χ3n) is 9.46. The van der Waals surface area contributed by atoms with Crippen molar-refractivity contribution in [1.82, 2.24) is 15.5 Å². The van der Waals surface area contributed by atoms with E-state index in [0.717, 1.165) is 38.5 Å². The molecule has 1 saturated heterocycles. The molecule has 1 heterocycles. The van der Waals surface area contributed by atoms with Crippen LogP contribution in [0.2, 0.25) is 0 Å². The van der Waals surface area contributed by atoms with Gasteiger partial charge in [0.15, 0.2) is 6.10 Å². The van der Waals surface area contributed by atoms with E-state index in [9.17, 15) is 19.5 Å². The Morgan fingerprint density at radius 3 is 2.43 bits per heavy atom. The summed E-state index contributed by atoms with van der Waals surface area (Å²) in [5.74, 6) is -0.220. The second-order valence-corrected chi connectivity index (χ2v) is 12.4. The van der Waals surface area contributed by atoms with Gasteiger partial charge in [-0.25, -0.2) is 0 Å². The number of aliphatic hydroxyl groups is 1. The van der Waals surface area contributed by atoms with Crippen molar-refractivity contribution in [3.05, 3.63) is 12.7 Å². The Morgan fingerprint density at radius 2 is 1.83 bits per heavy atom. The smallest absolute Gasteiger partial charge is 0.251 e. The monoisotopic (exact) mass is 488 g/mol. The third kappa shape index (κ3) is 5.15. The Bertz CT molecular complexity index is 848. The molecule has 4 rings (SSSR count). The second-order valence-electron chi connectivity index (χ2n) is 12.4. The maximum Gasteiger partial charge on any atom is 0.251 e. The normalized spacial score (nSPS) is 31.0. The summed E-state index contributed by atoms with van der Waals surface area (Å²) in [6.45, 7) is 10.8. The molecule has 1 unspecified atom stereocenters. The van der Waals surface area contributed by atoms with Crippen LogP contribution in [0.25, 0.3) is 0 Å². The average Bonchev–Trinajstić information content (AvgIpc) is 3.68. The van der Waals surface area contributed by atoms with Crippen molar-refractivity contribution in [2.75, 3.05) is 13.1 Å². The van der Waals surface area contributed by atoms with E-state index in [4.69, 9.17) is 5.73 Å². The fourth-order valence-corrected chi connectivity index (χ4v) is 6.67. The lowest BCUT2D eigenvalue weighted by Gasteiger charge is -2.41. The summed E-state index contributed by atoms with van der Waals surface area (Å²) in [6.07, 6.45) is 8.00. The molecule has 0 radical (unpaired) electrons. The first-order valence-corrected chi connectivity index (χ1v) is 13.4. The van der Waals surface area contributed by atoms with E-state index in [0.29, 0.717) is 18.9 Å². The SMILES string of the molecule is C=CCNC(=O)C(O)[C@H](CC1CC1)NC(=O)[C@@H]1[C@@H]2[C@H](CN1C(=O)[C@H](N)C1(C)CCCCC1)C2(C)C. The summed E-state index contributed by atoms with van der Waals surface area (Å²) in [4.78, 5) is 41.5. The van der Waals surface area contributed by atoms with Crippen molar-refractivity contribution >= 4 is 17.7 Å². The number of amides is 3. The summed E-state index contributed by atoms with van der Waals surface area (Å²) in [7, 11) is 0. The predicted molar refractivity (Wildman–Crippen MR) is 134 cm³/mol. The maximum absolute atomic E-state index is 13.7. The topological polar surface area (TPSA) is 125 Å². The first kappa shape index (κ1) is 26.1. The van der Waals surface area contributed by atoms with Crippen molar-refractivity contribution < 1.29 is 19.5 Å². The van der Waals surface area contributed by atoms with Crippen LogP contribution < -0.4 is 16.4 Å². The summed E-state index contributed by atoms with van der Waals surface area (Å²) < 4.78 is 0. The number of carbonyl (C=O) groups excluding carboxylic acids is 3. The van der Waals surface area contributed by atoms with Gasteiger partial charge in [-0.05, 0) is 47.8 Å². The van der Waals surface area contributed by atoms with Crippen LogP contribution in [-0.4, -0.2) is 65.0 Å². The van der Waals surface area contributed by atoms with E-state index < -0.39 is 30.1 Å².